The molecule has 2 bridgehead atoms. The predicted molar refractivity (Wildman–Crippen MR) is 143 cm³/mol. The Labute approximate surface area is 220 Å². The third-order valence-corrected chi connectivity index (χ3v) is 10.00. The topological polar surface area (TPSA) is 87.1 Å². The van der Waals surface area contributed by atoms with E-state index >= 15 is 0 Å². The summed E-state index contributed by atoms with van der Waals surface area (Å²) >= 11 is 1.64. The second-order valence-electron chi connectivity index (χ2n) is 10.7. The van der Waals surface area contributed by atoms with Crippen molar-refractivity contribution in [3.05, 3.63) is 25.3 Å². The first-order valence-corrected chi connectivity index (χ1v) is 14.4. The van der Waals surface area contributed by atoms with Crippen molar-refractivity contribution < 1.29 is 24.2 Å². The average molecular weight is 521 g/mol. The summed E-state index contributed by atoms with van der Waals surface area (Å²) in [6, 6.07) is -1.19. The second kappa shape index (κ2) is 12.6. The molecule has 3 fully saturated rings. The number of ether oxygens (including phenoxy) is 1. The number of amides is 2. The molecule has 2 amide bonds. The Balaban J connectivity index is 1.95. The predicted octanol–water partition coefficient (Wildman–Crippen LogP) is 3.81. The van der Waals surface area contributed by atoms with E-state index in [1.807, 2.05) is 19.9 Å². The van der Waals surface area contributed by atoms with Gasteiger partial charge in [-0.1, -0.05) is 39.3 Å². The number of hydrogen-bond donors (Lipinski definition) is 1. The molecular weight excluding hydrogens is 476 g/mol. The fourth-order valence-electron chi connectivity index (χ4n) is 6.24. The number of aliphatic hydroxyl groups is 1. The molecule has 1 spiro atoms. The molecule has 7 nitrogen and oxygen atoms in total. The molecule has 3 saturated heterocycles. The lowest BCUT2D eigenvalue weighted by molar-refractivity contribution is -0.155. The normalized spacial score (nSPS) is 29.4. The summed E-state index contributed by atoms with van der Waals surface area (Å²) in [4.78, 5) is 45.0. The van der Waals surface area contributed by atoms with Crippen LogP contribution in [0.1, 0.15) is 65.7 Å². The van der Waals surface area contributed by atoms with Gasteiger partial charge in [-0.05, 0) is 44.4 Å². The number of nitrogens with zero attached hydrogens (tertiary/aromatic N) is 2. The highest BCUT2D eigenvalue weighted by Crippen LogP contribution is 2.67. The smallest absolute Gasteiger partial charge is 0.310 e. The Hall–Kier alpha value is -1.80. The number of allylic oxidation sites excluding steroid dienone is 1. The number of carbonyl (C=O) groups excluding carboxylic acids is 3. The Morgan fingerprint density at radius 1 is 1.28 bits per heavy atom. The Bertz CT molecular complexity index is 833. The highest BCUT2D eigenvalue weighted by atomic mass is 32.2. The van der Waals surface area contributed by atoms with E-state index in [0.717, 1.165) is 38.5 Å². The molecule has 1 N–H and O–H groups in total. The minimum absolute atomic E-state index is 0.0211. The third kappa shape index (κ3) is 5.26. The standard InChI is InChI=1S/C28H44N2O5S/c1-6-9-11-12-17-35-27(34)22-21-13-14-28(36-21)23(22)25(32)30(20(18-31)19(4)5)24(28)26(33)29(15-8-3)16-10-7-2/h6,8,19-24,31H,1,3,7,9-18H2,2,4-5H3/t20-,21+,22-,23-,24?,28?/m0/s1. The van der Waals surface area contributed by atoms with E-state index in [-0.39, 0.29) is 35.6 Å². The van der Waals surface area contributed by atoms with Crippen molar-refractivity contribution in [1.82, 2.24) is 9.80 Å². The highest BCUT2D eigenvalue weighted by molar-refractivity contribution is 8.02. The van der Waals surface area contributed by atoms with Crippen LogP contribution >= 0.6 is 11.8 Å². The minimum atomic E-state index is -0.702. The molecule has 0 aliphatic carbocycles. The summed E-state index contributed by atoms with van der Waals surface area (Å²) in [5.74, 6) is -1.78. The number of unbranched alkanes of at least 4 members (excludes halogenated alkanes) is 3. The lowest BCUT2D eigenvalue weighted by Gasteiger charge is -2.40. The van der Waals surface area contributed by atoms with Crippen LogP contribution < -0.4 is 0 Å². The first-order valence-electron chi connectivity index (χ1n) is 13.6. The number of hydrogen-bond acceptors (Lipinski definition) is 6. The van der Waals surface area contributed by atoms with E-state index in [2.05, 4.69) is 20.1 Å². The number of rotatable bonds is 15. The first kappa shape index (κ1) is 28.8. The van der Waals surface area contributed by atoms with Gasteiger partial charge in [0.05, 0.1) is 35.8 Å². The summed E-state index contributed by atoms with van der Waals surface area (Å²) in [5, 5.41) is 10.3. The molecule has 3 heterocycles. The maximum atomic E-state index is 14.2. The van der Waals surface area contributed by atoms with Crippen LogP contribution in [-0.4, -0.2) is 81.1 Å². The van der Waals surface area contributed by atoms with Crippen molar-refractivity contribution in [2.45, 2.75) is 87.8 Å². The Morgan fingerprint density at radius 3 is 2.64 bits per heavy atom. The van der Waals surface area contributed by atoms with Gasteiger partial charge in [0.2, 0.25) is 11.8 Å². The number of fused-ring (bicyclic) bond motifs is 1. The monoisotopic (exact) mass is 520 g/mol. The highest BCUT2D eigenvalue weighted by Gasteiger charge is 2.74. The zero-order chi connectivity index (χ0) is 26.5. The SMILES string of the molecule is C=CCCCCOC(=O)[C@@H]1[C@H]2C(=O)N([C@@H](CO)C(C)C)C(C(=O)N(CC=C)CCCC)C23CC[C@H]1S3. The molecule has 0 radical (unpaired) electrons. The fraction of sp³-hybridized carbons (Fsp3) is 0.750. The summed E-state index contributed by atoms with van der Waals surface area (Å²) in [7, 11) is 0. The van der Waals surface area contributed by atoms with Crippen LogP contribution in [0.3, 0.4) is 0 Å². The molecule has 0 aromatic rings. The van der Waals surface area contributed by atoms with Gasteiger partial charge >= 0.3 is 5.97 Å². The Morgan fingerprint density at radius 2 is 2.03 bits per heavy atom. The number of esters is 1. The van der Waals surface area contributed by atoms with Gasteiger partial charge in [-0.3, -0.25) is 14.4 Å². The van der Waals surface area contributed by atoms with E-state index in [0.29, 0.717) is 26.1 Å². The number of carbonyl (C=O) groups is 3. The van der Waals surface area contributed by atoms with Gasteiger partial charge in [0.1, 0.15) is 6.04 Å². The second-order valence-corrected chi connectivity index (χ2v) is 12.3. The van der Waals surface area contributed by atoms with E-state index < -0.39 is 28.7 Å². The Kier molecular flexibility index (Phi) is 10.1. The van der Waals surface area contributed by atoms with Gasteiger partial charge in [-0.2, -0.15) is 0 Å². The average Bonchev–Trinajstić information content (AvgIpc) is 3.49. The van der Waals surface area contributed by atoms with Crippen molar-refractivity contribution in [2.75, 3.05) is 26.3 Å². The van der Waals surface area contributed by atoms with E-state index in [1.165, 1.54) is 0 Å². The van der Waals surface area contributed by atoms with E-state index in [1.54, 1.807) is 27.6 Å². The van der Waals surface area contributed by atoms with Gasteiger partial charge in [-0.25, -0.2) is 0 Å². The summed E-state index contributed by atoms with van der Waals surface area (Å²) in [6.07, 6.45) is 9.41. The van der Waals surface area contributed by atoms with Crippen LogP contribution in [-0.2, 0) is 19.1 Å². The molecule has 6 atom stereocenters. The molecule has 2 unspecified atom stereocenters. The molecule has 3 rings (SSSR count). The zero-order valence-electron chi connectivity index (χ0n) is 22.2. The number of likely N-dealkylation sites (tertiary alicyclic amines) is 1. The van der Waals surface area contributed by atoms with E-state index in [4.69, 9.17) is 4.74 Å². The lowest BCUT2D eigenvalue weighted by atomic mass is 9.71. The van der Waals surface area contributed by atoms with Gasteiger partial charge in [0, 0.05) is 18.3 Å². The van der Waals surface area contributed by atoms with Gasteiger partial charge in [0.15, 0.2) is 0 Å². The van der Waals surface area contributed by atoms with Crippen LogP contribution in [0.2, 0.25) is 0 Å². The van der Waals surface area contributed by atoms with Crippen LogP contribution in [0.15, 0.2) is 25.3 Å². The van der Waals surface area contributed by atoms with Crippen molar-refractivity contribution >= 4 is 29.5 Å². The van der Waals surface area contributed by atoms with Crippen LogP contribution in [0, 0.1) is 17.8 Å². The van der Waals surface area contributed by atoms with Crippen LogP contribution in [0.5, 0.6) is 0 Å². The largest absolute Gasteiger partial charge is 0.465 e. The third-order valence-electron chi connectivity index (χ3n) is 8.05. The first-order chi connectivity index (χ1) is 17.3. The quantitative estimate of drug-likeness (QED) is 0.201. The molecular formula is C28H44N2O5S. The number of thioether (sulfide) groups is 1. The molecule has 0 saturated carbocycles. The number of aliphatic hydroxyl groups excluding tert-OH is 1. The summed E-state index contributed by atoms with van der Waals surface area (Å²) in [5.41, 5.74) is 0. The maximum Gasteiger partial charge on any atom is 0.310 e. The molecule has 3 aliphatic heterocycles. The van der Waals surface area contributed by atoms with Crippen molar-refractivity contribution in [3.8, 4) is 0 Å². The van der Waals surface area contributed by atoms with E-state index in [9.17, 15) is 19.5 Å². The van der Waals surface area contributed by atoms with Crippen molar-refractivity contribution in [2.24, 2.45) is 17.8 Å². The zero-order valence-corrected chi connectivity index (χ0v) is 23.0. The molecule has 3 aliphatic rings. The maximum absolute atomic E-state index is 14.2. The molecule has 36 heavy (non-hydrogen) atoms. The lowest BCUT2D eigenvalue weighted by Crippen LogP contribution is -2.58. The molecule has 8 heteroatoms. The molecule has 0 aromatic carbocycles. The van der Waals surface area contributed by atoms with Crippen LogP contribution in [0.25, 0.3) is 0 Å². The van der Waals surface area contributed by atoms with Crippen LogP contribution in [0.4, 0.5) is 0 Å². The molecule has 202 valence electrons. The van der Waals surface area contributed by atoms with Gasteiger partial charge in [0.25, 0.3) is 0 Å². The minimum Gasteiger partial charge on any atom is -0.465 e. The summed E-state index contributed by atoms with van der Waals surface area (Å²) in [6.45, 7) is 14.7. The van der Waals surface area contributed by atoms with Crippen molar-refractivity contribution in [1.29, 1.82) is 0 Å². The summed E-state index contributed by atoms with van der Waals surface area (Å²) < 4.78 is 5.00. The fourth-order valence-corrected chi connectivity index (χ4v) is 8.43. The molecule has 0 aromatic heterocycles. The van der Waals surface area contributed by atoms with Gasteiger partial charge in [-0.15, -0.1) is 24.9 Å². The van der Waals surface area contributed by atoms with Crippen molar-refractivity contribution in [3.63, 3.8) is 0 Å². The van der Waals surface area contributed by atoms with Gasteiger partial charge < -0.3 is 19.6 Å².